The second-order valence-corrected chi connectivity index (χ2v) is 7.11. The van der Waals surface area contributed by atoms with E-state index in [0.29, 0.717) is 6.54 Å². The summed E-state index contributed by atoms with van der Waals surface area (Å²) in [5.74, 6) is 0.249. The van der Waals surface area contributed by atoms with Crippen LogP contribution in [-0.4, -0.2) is 35.1 Å². The van der Waals surface area contributed by atoms with Gasteiger partial charge in [0.05, 0.1) is 17.7 Å². The Balaban J connectivity index is 1.88. The lowest BCUT2D eigenvalue weighted by Gasteiger charge is -2.37. The van der Waals surface area contributed by atoms with Gasteiger partial charge in [0.25, 0.3) is 0 Å². The highest BCUT2D eigenvalue weighted by atomic mass is 16.5. The maximum absolute atomic E-state index is 10.1. The van der Waals surface area contributed by atoms with Crippen molar-refractivity contribution in [2.45, 2.75) is 45.4 Å². The molecular formula is C20H25BNO3. The standard InChI is InChI=1S/C20H25BNO3/c1-19(2,24)20(3,4)25-21-17-9-5-15(6-10-17)13-22-14-16-7-11-18(23)12-8-16/h5-12,14,23-24H,13H2,1-4H3. The lowest BCUT2D eigenvalue weighted by molar-refractivity contribution is -0.0893. The van der Waals surface area contributed by atoms with Gasteiger partial charge >= 0.3 is 7.48 Å². The molecule has 0 aliphatic rings. The molecular weight excluding hydrogens is 313 g/mol. The third-order valence-electron chi connectivity index (χ3n) is 4.35. The molecule has 2 N–H and O–H groups in total. The summed E-state index contributed by atoms with van der Waals surface area (Å²) < 4.78 is 5.74. The molecule has 0 amide bonds. The SMILES string of the molecule is CC(C)(O)C(C)(C)O[B]c1ccc(CN=Cc2ccc(O)cc2)cc1. The third-order valence-corrected chi connectivity index (χ3v) is 4.35. The van der Waals surface area contributed by atoms with Crippen LogP contribution in [0, 0.1) is 0 Å². The Morgan fingerprint density at radius 1 is 1.00 bits per heavy atom. The van der Waals surface area contributed by atoms with Gasteiger partial charge in [0.15, 0.2) is 0 Å². The first-order chi connectivity index (χ1) is 11.7. The van der Waals surface area contributed by atoms with Crippen molar-refractivity contribution < 1.29 is 14.9 Å². The van der Waals surface area contributed by atoms with E-state index < -0.39 is 11.2 Å². The largest absolute Gasteiger partial charge is 0.508 e. The van der Waals surface area contributed by atoms with Crippen molar-refractivity contribution in [1.29, 1.82) is 0 Å². The summed E-state index contributed by atoms with van der Waals surface area (Å²) in [6, 6.07) is 14.8. The smallest absolute Gasteiger partial charge is 0.330 e. The summed E-state index contributed by atoms with van der Waals surface area (Å²) in [6.45, 7) is 7.76. The quantitative estimate of drug-likeness (QED) is 0.603. The zero-order valence-corrected chi connectivity index (χ0v) is 15.2. The Labute approximate surface area is 150 Å². The Hall–Kier alpha value is -2.11. The molecule has 2 rings (SSSR count). The molecule has 2 aromatic rings. The van der Waals surface area contributed by atoms with Gasteiger partial charge in [-0.05, 0) is 63.1 Å². The Kier molecular flexibility index (Phi) is 6.04. The number of nitrogens with zero attached hydrogens (tertiary/aromatic N) is 1. The minimum atomic E-state index is -0.938. The second kappa shape index (κ2) is 7.85. The number of benzene rings is 2. The molecule has 0 aliphatic carbocycles. The number of aromatic hydroxyl groups is 1. The molecule has 0 bridgehead atoms. The molecule has 0 unspecified atom stereocenters. The molecule has 0 atom stereocenters. The van der Waals surface area contributed by atoms with Crippen LogP contribution in [0.4, 0.5) is 0 Å². The molecule has 5 heteroatoms. The van der Waals surface area contributed by atoms with Crippen molar-refractivity contribution in [1.82, 2.24) is 0 Å². The van der Waals surface area contributed by atoms with Crippen LogP contribution in [0.25, 0.3) is 0 Å². The van der Waals surface area contributed by atoms with Gasteiger partial charge in [-0.25, -0.2) is 0 Å². The zero-order valence-electron chi connectivity index (χ0n) is 15.2. The van der Waals surface area contributed by atoms with Crippen LogP contribution in [0.1, 0.15) is 38.8 Å². The van der Waals surface area contributed by atoms with Crippen LogP contribution < -0.4 is 5.46 Å². The van der Waals surface area contributed by atoms with E-state index in [1.807, 2.05) is 50.2 Å². The van der Waals surface area contributed by atoms with Crippen LogP contribution in [0.2, 0.25) is 0 Å². The van der Waals surface area contributed by atoms with Crippen LogP contribution in [0.15, 0.2) is 53.5 Å². The molecule has 0 aromatic heterocycles. The number of phenolic OH excluding ortho intramolecular Hbond substituents is 1. The summed E-state index contributed by atoms with van der Waals surface area (Å²) in [4.78, 5) is 4.41. The Morgan fingerprint density at radius 2 is 1.60 bits per heavy atom. The maximum atomic E-state index is 10.1. The van der Waals surface area contributed by atoms with Crippen molar-refractivity contribution in [3.8, 4) is 5.75 Å². The first-order valence-corrected chi connectivity index (χ1v) is 8.29. The number of hydrogen-bond donors (Lipinski definition) is 2. The van der Waals surface area contributed by atoms with Crippen molar-refractivity contribution in [2.75, 3.05) is 0 Å². The lowest BCUT2D eigenvalue weighted by atomic mass is 9.82. The summed E-state index contributed by atoms with van der Waals surface area (Å²) >= 11 is 0. The summed E-state index contributed by atoms with van der Waals surface area (Å²) in [7, 11) is 1.67. The van der Waals surface area contributed by atoms with Gasteiger partial charge in [0, 0.05) is 6.21 Å². The number of aliphatic hydroxyl groups is 1. The van der Waals surface area contributed by atoms with Gasteiger partial charge in [-0.1, -0.05) is 29.7 Å². The van der Waals surface area contributed by atoms with Crippen LogP contribution in [-0.2, 0) is 11.2 Å². The molecule has 0 aliphatic heterocycles. The van der Waals surface area contributed by atoms with Crippen LogP contribution in [0.3, 0.4) is 0 Å². The lowest BCUT2D eigenvalue weighted by Crippen LogP contribution is -2.49. The maximum Gasteiger partial charge on any atom is 0.330 e. The Morgan fingerprint density at radius 3 is 2.16 bits per heavy atom. The fraction of sp³-hybridized carbons (Fsp3) is 0.350. The number of hydrogen-bond acceptors (Lipinski definition) is 4. The van der Waals surface area contributed by atoms with Gasteiger partial charge in [-0.3, -0.25) is 4.99 Å². The molecule has 4 nitrogen and oxygen atoms in total. The van der Waals surface area contributed by atoms with E-state index in [1.54, 1.807) is 39.7 Å². The van der Waals surface area contributed by atoms with Gasteiger partial charge in [-0.15, -0.1) is 0 Å². The van der Waals surface area contributed by atoms with Crippen LogP contribution >= 0.6 is 0 Å². The summed E-state index contributed by atoms with van der Waals surface area (Å²) in [5, 5.41) is 19.4. The molecule has 0 spiro atoms. The van der Waals surface area contributed by atoms with E-state index in [0.717, 1.165) is 16.6 Å². The fourth-order valence-corrected chi connectivity index (χ4v) is 1.88. The first-order valence-electron chi connectivity index (χ1n) is 8.29. The monoisotopic (exact) mass is 338 g/mol. The van der Waals surface area contributed by atoms with Crippen molar-refractivity contribution >= 4 is 19.2 Å². The highest BCUT2D eigenvalue weighted by Crippen LogP contribution is 2.24. The fourth-order valence-electron chi connectivity index (χ4n) is 1.88. The average Bonchev–Trinajstić information content (AvgIpc) is 2.55. The van der Waals surface area contributed by atoms with Gasteiger partial charge in [0.2, 0.25) is 0 Å². The van der Waals surface area contributed by atoms with E-state index in [1.165, 1.54) is 0 Å². The summed E-state index contributed by atoms with van der Waals surface area (Å²) in [6.07, 6.45) is 1.79. The van der Waals surface area contributed by atoms with Gasteiger partial charge in [0.1, 0.15) is 5.75 Å². The highest BCUT2D eigenvalue weighted by molar-refractivity contribution is 6.47. The van der Waals surface area contributed by atoms with Crippen molar-refractivity contribution in [3.63, 3.8) is 0 Å². The third kappa shape index (κ3) is 5.73. The summed E-state index contributed by atoms with van der Waals surface area (Å²) in [5.41, 5.74) is 1.36. The number of phenols is 1. The van der Waals surface area contributed by atoms with E-state index in [9.17, 15) is 10.2 Å². The molecule has 0 saturated carbocycles. The minimum absolute atomic E-state index is 0.249. The molecule has 1 radical (unpaired) electrons. The zero-order chi connectivity index (χ0) is 18.5. The van der Waals surface area contributed by atoms with E-state index >= 15 is 0 Å². The second-order valence-electron chi connectivity index (χ2n) is 7.11. The van der Waals surface area contributed by atoms with E-state index in [-0.39, 0.29) is 5.75 Å². The highest BCUT2D eigenvalue weighted by Gasteiger charge is 2.35. The minimum Gasteiger partial charge on any atom is -0.508 e. The molecule has 25 heavy (non-hydrogen) atoms. The first kappa shape index (κ1) is 19.2. The number of rotatable bonds is 7. The number of aliphatic imine (C=N–C) groups is 1. The van der Waals surface area contributed by atoms with Crippen molar-refractivity contribution in [3.05, 3.63) is 59.7 Å². The van der Waals surface area contributed by atoms with E-state index in [4.69, 9.17) is 4.65 Å². The molecule has 0 saturated heterocycles. The predicted octanol–water partition coefficient (Wildman–Crippen LogP) is 2.82. The Bertz CT molecular complexity index is 701. The molecule has 2 aromatic carbocycles. The topological polar surface area (TPSA) is 62.0 Å². The van der Waals surface area contributed by atoms with Crippen LogP contribution in [0.5, 0.6) is 5.75 Å². The van der Waals surface area contributed by atoms with Gasteiger partial charge < -0.3 is 14.9 Å². The molecule has 0 fully saturated rings. The van der Waals surface area contributed by atoms with Gasteiger partial charge in [-0.2, -0.15) is 0 Å². The van der Waals surface area contributed by atoms with Crippen molar-refractivity contribution in [2.24, 2.45) is 4.99 Å². The normalized spacial score (nSPS) is 12.5. The molecule has 0 heterocycles. The van der Waals surface area contributed by atoms with E-state index in [2.05, 4.69) is 4.99 Å². The average molecular weight is 338 g/mol. The predicted molar refractivity (Wildman–Crippen MR) is 103 cm³/mol. The molecule has 131 valence electrons.